The van der Waals surface area contributed by atoms with Gasteiger partial charge in [-0.2, -0.15) is 4.98 Å². The van der Waals surface area contributed by atoms with Gasteiger partial charge in [-0.1, -0.05) is 0 Å². The number of aryl methyl sites for hydroxylation is 1. The number of nitrogens with one attached hydrogen (secondary N) is 1. The van der Waals surface area contributed by atoms with Crippen molar-refractivity contribution in [3.8, 4) is 5.69 Å². The topological polar surface area (TPSA) is 69.5 Å². The van der Waals surface area contributed by atoms with Crippen molar-refractivity contribution in [2.75, 3.05) is 49.4 Å². The van der Waals surface area contributed by atoms with Gasteiger partial charge in [0.05, 0.1) is 17.8 Å². The van der Waals surface area contributed by atoms with Gasteiger partial charge in [-0.3, -0.25) is 4.90 Å². The molecule has 0 bridgehead atoms. The van der Waals surface area contributed by atoms with Gasteiger partial charge in [0.1, 0.15) is 18.0 Å². The summed E-state index contributed by atoms with van der Waals surface area (Å²) in [6.45, 7) is -12.0. The average Bonchev–Trinajstić information content (AvgIpc) is 3.23. The van der Waals surface area contributed by atoms with Crippen molar-refractivity contribution in [1.82, 2.24) is 19.7 Å². The third kappa shape index (κ3) is 4.74. The molecule has 1 saturated heterocycles. The van der Waals surface area contributed by atoms with Crippen LogP contribution in [0, 0.1) is 18.6 Å². The van der Waals surface area contributed by atoms with Gasteiger partial charge in [0, 0.05) is 58.3 Å². The molecule has 1 aliphatic heterocycles. The summed E-state index contributed by atoms with van der Waals surface area (Å²) in [5.74, 6) is -1.64. The molecule has 9 heteroatoms. The van der Waals surface area contributed by atoms with E-state index < -0.39 is 50.8 Å². The molecule has 1 fully saturated rings. The standard InChI is InChI=1S/C21H24F2N6O.2H2/c1-15-8-18(13-19(9-15)28-4-2-27(3-5-28)6-7-30)25-21-24-14-29(26-21)20-11-16(22)10-17(23)12-20;;/h8-14,30H,2-7H2,1H3,(H,25,26);2*1H/i2D2,3D2,4D2,5D2;;. The van der Waals surface area contributed by atoms with Crippen LogP contribution in [0.3, 0.4) is 0 Å². The van der Waals surface area contributed by atoms with Crippen molar-refractivity contribution >= 4 is 17.3 Å². The Kier molecular flexibility index (Phi) is 3.68. The zero-order chi connectivity index (χ0) is 28.3. The zero-order valence-electron chi connectivity index (χ0n) is 23.9. The Balaban J connectivity index is 0.00000280. The molecule has 4 rings (SSSR count). The molecular formula is C21H28F2N6O. The second-order valence-corrected chi connectivity index (χ2v) is 6.48. The third-order valence-electron chi connectivity index (χ3n) is 4.10. The van der Waals surface area contributed by atoms with E-state index in [9.17, 15) is 13.9 Å². The summed E-state index contributed by atoms with van der Waals surface area (Å²) >= 11 is 0. The van der Waals surface area contributed by atoms with E-state index in [4.69, 9.17) is 11.0 Å². The van der Waals surface area contributed by atoms with Crippen molar-refractivity contribution < 1.29 is 27.7 Å². The quantitative estimate of drug-likeness (QED) is 0.631. The van der Waals surface area contributed by atoms with Crippen molar-refractivity contribution in [1.29, 1.82) is 0 Å². The number of benzene rings is 2. The summed E-state index contributed by atoms with van der Waals surface area (Å²) in [6, 6.07) is 7.04. The largest absolute Gasteiger partial charge is 0.395 e. The fourth-order valence-corrected chi connectivity index (χ4v) is 2.83. The molecule has 2 N–H and O–H groups in total. The minimum atomic E-state index is -3.09. The molecule has 30 heavy (non-hydrogen) atoms. The Labute approximate surface area is 187 Å². The van der Waals surface area contributed by atoms with Crippen molar-refractivity contribution in [2.45, 2.75) is 6.92 Å². The molecule has 162 valence electrons. The molecule has 1 aliphatic rings. The Hall–Kier alpha value is -3.04. The maximum atomic E-state index is 13.6. The number of aromatic nitrogens is 3. The number of halogens is 2. The van der Waals surface area contributed by atoms with Gasteiger partial charge < -0.3 is 15.3 Å². The summed E-state index contributed by atoms with van der Waals surface area (Å²) in [5.41, 5.74) is 0.612. The summed E-state index contributed by atoms with van der Waals surface area (Å²) in [6.07, 6.45) is 1.20. The second kappa shape index (κ2) is 8.76. The molecule has 0 atom stereocenters. The molecule has 0 aliphatic carbocycles. The van der Waals surface area contributed by atoms with E-state index in [1.54, 1.807) is 13.0 Å². The van der Waals surface area contributed by atoms with Gasteiger partial charge in [0.2, 0.25) is 5.95 Å². The van der Waals surface area contributed by atoms with Crippen LogP contribution < -0.4 is 10.2 Å². The van der Waals surface area contributed by atoms with E-state index >= 15 is 0 Å². The summed E-state index contributed by atoms with van der Waals surface area (Å²) in [7, 11) is 0. The molecule has 0 unspecified atom stereocenters. The Morgan fingerprint density at radius 2 is 1.80 bits per heavy atom. The highest BCUT2D eigenvalue weighted by Crippen LogP contribution is 2.25. The monoisotopic (exact) mass is 426 g/mol. The van der Waals surface area contributed by atoms with Crippen molar-refractivity contribution in [3.05, 3.63) is 59.9 Å². The smallest absolute Gasteiger partial charge is 0.246 e. The summed E-state index contributed by atoms with van der Waals surface area (Å²) < 4.78 is 95.9. The number of hydrogen-bond donors (Lipinski definition) is 2. The van der Waals surface area contributed by atoms with E-state index in [0.717, 1.165) is 16.8 Å². The second-order valence-electron chi connectivity index (χ2n) is 6.48. The van der Waals surface area contributed by atoms with Crippen LogP contribution in [0.1, 0.15) is 19.4 Å². The molecule has 7 nitrogen and oxygen atoms in total. The molecular weight excluding hydrogens is 390 g/mol. The zero-order valence-corrected chi connectivity index (χ0v) is 15.9. The molecule has 1 aromatic heterocycles. The number of nitrogens with zero attached hydrogens (tertiary/aromatic N) is 5. The summed E-state index contributed by atoms with van der Waals surface area (Å²) in [5, 5.41) is 16.3. The van der Waals surface area contributed by atoms with E-state index in [1.807, 2.05) is 0 Å². The number of anilines is 3. The maximum Gasteiger partial charge on any atom is 0.246 e. The molecule has 2 heterocycles. The lowest BCUT2D eigenvalue weighted by Gasteiger charge is -2.36. The Bertz CT molecular complexity index is 1310. The Morgan fingerprint density at radius 3 is 2.50 bits per heavy atom. The maximum absolute atomic E-state index is 13.6. The van der Waals surface area contributed by atoms with Gasteiger partial charge >= 0.3 is 0 Å². The number of piperazine rings is 1. The molecule has 3 aromatic rings. The predicted molar refractivity (Wildman–Crippen MR) is 116 cm³/mol. The van der Waals surface area contributed by atoms with Gasteiger partial charge in [-0.15, -0.1) is 5.10 Å². The van der Waals surface area contributed by atoms with Gasteiger partial charge in [0.25, 0.3) is 0 Å². The SMILES string of the molecule is [2H]C1([2H])N(CCO)C([2H])([2H])C([2H])([2H])N(c2cc(C)cc(Nc3ncn(-c4cc(F)cc(F)c4)n3)c2)C1([2H])[2H].[HH].[HH]. The molecule has 0 spiro atoms. The lowest BCUT2D eigenvalue weighted by Crippen LogP contribution is -2.47. The van der Waals surface area contributed by atoms with Crippen LogP contribution in [-0.4, -0.2) is 63.9 Å². The van der Waals surface area contributed by atoms with Crippen LogP contribution in [0.15, 0.2) is 42.7 Å². The number of rotatable bonds is 6. The van der Waals surface area contributed by atoms with Crippen LogP contribution in [-0.2, 0) is 0 Å². The van der Waals surface area contributed by atoms with Crippen LogP contribution >= 0.6 is 0 Å². The van der Waals surface area contributed by atoms with E-state index in [1.165, 1.54) is 18.5 Å². The molecule has 0 amide bonds. The van der Waals surface area contributed by atoms with Crippen molar-refractivity contribution in [3.63, 3.8) is 0 Å². The van der Waals surface area contributed by atoms with Crippen molar-refractivity contribution in [2.24, 2.45) is 0 Å². The number of hydrogen-bond acceptors (Lipinski definition) is 6. The normalized spacial score (nSPS) is 25.5. The highest BCUT2D eigenvalue weighted by molar-refractivity contribution is 5.64. The first-order valence-corrected chi connectivity index (χ1v) is 8.98. The van der Waals surface area contributed by atoms with Gasteiger partial charge in [-0.25, -0.2) is 13.5 Å². The number of β-amino-alcohol motifs (C(OH)–C–C–N with tert-alkyl or cyclic N) is 1. The lowest BCUT2D eigenvalue weighted by atomic mass is 10.1. The highest BCUT2D eigenvalue weighted by Gasteiger charge is 2.17. The van der Waals surface area contributed by atoms with Gasteiger partial charge in [0.15, 0.2) is 0 Å². The fraction of sp³-hybridized carbons (Fsp3) is 0.333. The van der Waals surface area contributed by atoms with E-state index in [2.05, 4.69) is 15.4 Å². The van der Waals surface area contributed by atoms with Gasteiger partial charge in [-0.05, 0) is 42.8 Å². The third-order valence-corrected chi connectivity index (χ3v) is 4.10. The minimum Gasteiger partial charge on any atom is -0.395 e. The fourth-order valence-electron chi connectivity index (χ4n) is 2.83. The first-order chi connectivity index (χ1) is 17.5. The lowest BCUT2D eigenvalue weighted by molar-refractivity contribution is 0.189. The number of aliphatic hydroxyl groups is 1. The molecule has 0 saturated carbocycles. The average molecular weight is 427 g/mol. The minimum absolute atomic E-state index is 0. The number of aliphatic hydroxyl groups excluding tert-OH is 1. The first-order valence-electron chi connectivity index (χ1n) is 13.0. The van der Waals surface area contributed by atoms with E-state index in [0.29, 0.717) is 21.4 Å². The van der Waals surface area contributed by atoms with Crippen LogP contribution in [0.5, 0.6) is 0 Å². The summed E-state index contributed by atoms with van der Waals surface area (Å²) in [4.78, 5) is 4.79. The van der Waals surface area contributed by atoms with Crippen LogP contribution in [0.25, 0.3) is 5.69 Å². The van der Waals surface area contributed by atoms with Crippen LogP contribution in [0.2, 0.25) is 0 Å². The van der Waals surface area contributed by atoms with E-state index in [-0.39, 0.29) is 25.9 Å². The van der Waals surface area contributed by atoms with Crippen LogP contribution in [0.4, 0.5) is 26.1 Å². The molecule has 0 radical (unpaired) electrons. The highest BCUT2D eigenvalue weighted by atomic mass is 19.1. The Morgan fingerprint density at radius 1 is 1.07 bits per heavy atom. The first kappa shape index (κ1) is 12.6. The molecule has 2 aromatic carbocycles. The predicted octanol–water partition coefficient (Wildman–Crippen LogP) is 3.20.